The Morgan fingerprint density at radius 2 is 2.00 bits per heavy atom. The molecule has 0 unspecified atom stereocenters. The lowest BCUT2D eigenvalue weighted by atomic mass is 10.1. The zero-order valence-corrected chi connectivity index (χ0v) is 9.66. The number of rotatable bonds is 3. The predicted molar refractivity (Wildman–Crippen MR) is 62.2 cm³/mol. The van der Waals surface area contributed by atoms with Crippen molar-refractivity contribution in [2.75, 3.05) is 0 Å². The van der Waals surface area contributed by atoms with Crippen molar-refractivity contribution in [3.8, 4) is 11.3 Å². The Bertz CT molecular complexity index is 476. The molecule has 0 aliphatic carbocycles. The standard InChI is InChI=1S/C12H12ClNO2/c1-2-10-12(14-11(7-15)16-10)8-3-5-9(13)6-4-8/h3-6,15H,2,7H2,1H3. The third kappa shape index (κ3) is 2.10. The van der Waals surface area contributed by atoms with Crippen LogP contribution in [0, 0.1) is 0 Å². The highest BCUT2D eigenvalue weighted by molar-refractivity contribution is 6.30. The maximum absolute atomic E-state index is 8.98. The van der Waals surface area contributed by atoms with Crippen molar-refractivity contribution in [1.82, 2.24) is 4.98 Å². The van der Waals surface area contributed by atoms with Crippen LogP contribution in [0.3, 0.4) is 0 Å². The highest BCUT2D eigenvalue weighted by Gasteiger charge is 2.12. The van der Waals surface area contributed by atoms with Gasteiger partial charge in [-0.3, -0.25) is 0 Å². The summed E-state index contributed by atoms with van der Waals surface area (Å²) in [4.78, 5) is 4.24. The van der Waals surface area contributed by atoms with E-state index < -0.39 is 0 Å². The molecule has 1 N–H and O–H groups in total. The average molecular weight is 238 g/mol. The molecule has 0 spiro atoms. The van der Waals surface area contributed by atoms with Crippen LogP contribution in [0.15, 0.2) is 28.7 Å². The molecule has 1 aromatic carbocycles. The fraction of sp³-hybridized carbons (Fsp3) is 0.250. The van der Waals surface area contributed by atoms with Gasteiger partial charge in [0, 0.05) is 17.0 Å². The second-order valence-corrected chi connectivity index (χ2v) is 3.83. The van der Waals surface area contributed by atoms with Crippen molar-refractivity contribution in [3.63, 3.8) is 0 Å². The monoisotopic (exact) mass is 237 g/mol. The van der Waals surface area contributed by atoms with Crippen LogP contribution in [0.4, 0.5) is 0 Å². The van der Waals surface area contributed by atoms with Gasteiger partial charge in [0.15, 0.2) is 0 Å². The number of aromatic nitrogens is 1. The molecule has 3 nitrogen and oxygen atoms in total. The van der Waals surface area contributed by atoms with Crippen molar-refractivity contribution >= 4 is 11.6 Å². The number of halogens is 1. The SMILES string of the molecule is CCc1oc(CO)nc1-c1ccc(Cl)cc1. The molecule has 0 atom stereocenters. The molecule has 0 aliphatic heterocycles. The molecule has 0 fully saturated rings. The Kier molecular flexibility index (Phi) is 3.27. The lowest BCUT2D eigenvalue weighted by Crippen LogP contribution is -1.84. The zero-order valence-electron chi connectivity index (χ0n) is 8.90. The Labute approximate surface area is 98.7 Å². The lowest BCUT2D eigenvalue weighted by molar-refractivity contribution is 0.237. The van der Waals surface area contributed by atoms with E-state index in [2.05, 4.69) is 4.98 Å². The van der Waals surface area contributed by atoms with Gasteiger partial charge < -0.3 is 9.52 Å². The summed E-state index contributed by atoms with van der Waals surface area (Å²) in [6.07, 6.45) is 0.741. The summed E-state index contributed by atoms with van der Waals surface area (Å²) in [5, 5.41) is 9.67. The highest BCUT2D eigenvalue weighted by Crippen LogP contribution is 2.25. The number of aliphatic hydroxyl groups is 1. The van der Waals surface area contributed by atoms with E-state index >= 15 is 0 Å². The summed E-state index contributed by atoms with van der Waals surface area (Å²) in [5.74, 6) is 1.13. The van der Waals surface area contributed by atoms with Crippen LogP contribution in [0.2, 0.25) is 5.02 Å². The molecule has 0 aliphatic rings. The van der Waals surface area contributed by atoms with Gasteiger partial charge in [-0.25, -0.2) is 4.98 Å². The minimum Gasteiger partial charge on any atom is -0.443 e. The molecule has 84 valence electrons. The van der Waals surface area contributed by atoms with Gasteiger partial charge in [0.05, 0.1) is 0 Å². The van der Waals surface area contributed by atoms with Gasteiger partial charge >= 0.3 is 0 Å². The Balaban J connectivity index is 2.45. The highest BCUT2D eigenvalue weighted by atomic mass is 35.5. The van der Waals surface area contributed by atoms with Gasteiger partial charge in [0.25, 0.3) is 0 Å². The molecule has 0 saturated heterocycles. The van der Waals surface area contributed by atoms with E-state index in [0.717, 1.165) is 23.4 Å². The van der Waals surface area contributed by atoms with Crippen LogP contribution in [-0.2, 0) is 13.0 Å². The summed E-state index contributed by atoms with van der Waals surface area (Å²) in [6.45, 7) is 1.81. The Hall–Kier alpha value is -1.32. The maximum atomic E-state index is 8.98. The largest absolute Gasteiger partial charge is 0.443 e. The molecule has 0 saturated carbocycles. The predicted octanol–water partition coefficient (Wildman–Crippen LogP) is 3.05. The maximum Gasteiger partial charge on any atom is 0.220 e. The minimum absolute atomic E-state index is 0.180. The van der Waals surface area contributed by atoms with Crippen molar-refractivity contribution in [3.05, 3.63) is 40.9 Å². The summed E-state index contributed by atoms with van der Waals surface area (Å²) >= 11 is 5.82. The van der Waals surface area contributed by atoms with E-state index in [4.69, 9.17) is 21.1 Å². The molecule has 2 rings (SSSR count). The quantitative estimate of drug-likeness (QED) is 0.893. The van der Waals surface area contributed by atoms with Crippen molar-refractivity contribution in [2.24, 2.45) is 0 Å². The Morgan fingerprint density at radius 3 is 2.56 bits per heavy atom. The fourth-order valence-corrected chi connectivity index (χ4v) is 1.67. The number of hydrogen-bond acceptors (Lipinski definition) is 3. The van der Waals surface area contributed by atoms with Crippen molar-refractivity contribution in [2.45, 2.75) is 20.0 Å². The summed E-state index contributed by atoms with van der Waals surface area (Å²) in [6, 6.07) is 7.40. The number of benzene rings is 1. The topological polar surface area (TPSA) is 46.3 Å². The van der Waals surface area contributed by atoms with E-state index in [1.807, 2.05) is 31.2 Å². The summed E-state index contributed by atoms with van der Waals surface area (Å²) < 4.78 is 5.40. The number of aliphatic hydroxyl groups excluding tert-OH is 1. The molecular formula is C12H12ClNO2. The summed E-state index contributed by atoms with van der Waals surface area (Å²) in [7, 11) is 0. The van der Waals surface area contributed by atoms with Crippen LogP contribution in [-0.4, -0.2) is 10.1 Å². The smallest absolute Gasteiger partial charge is 0.220 e. The first-order valence-corrected chi connectivity index (χ1v) is 5.47. The molecule has 0 bridgehead atoms. The second kappa shape index (κ2) is 4.68. The van der Waals surface area contributed by atoms with Gasteiger partial charge in [0.1, 0.15) is 18.1 Å². The van der Waals surface area contributed by atoms with Crippen LogP contribution in [0.5, 0.6) is 0 Å². The van der Waals surface area contributed by atoms with Crippen molar-refractivity contribution in [1.29, 1.82) is 0 Å². The van der Waals surface area contributed by atoms with Gasteiger partial charge in [-0.1, -0.05) is 30.7 Å². The molecule has 4 heteroatoms. The van der Waals surface area contributed by atoms with E-state index in [-0.39, 0.29) is 6.61 Å². The molecule has 1 aromatic heterocycles. The van der Waals surface area contributed by atoms with Crippen LogP contribution in [0.25, 0.3) is 11.3 Å². The number of hydrogen-bond donors (Lipinski definition) is 1. The molecule has 1 heterocycles. The van der Waals surface area contributed by atoms with E-state index in [1.165, 1.54) is 0 Å². The lowest BCUT2D eigenvalue weighted by Gasteiger charge is -1.98. The Morgan fingerprint density at radius 1 is 1.31 bits per heavy atom. The first kappa shape index (κ1) is 11.2. The van der Waals surface area contributed by atoms with Crippen LogP contribution >= 0.6 is 11.6 Å². The second-order valence-electron chi connectivity index (χ2n) is 3.40. The van der Waals surface area contributed by atoms with Gasteiger partial charge in [0.2, 0.25) is 5.89 Å². The number of aryl methyl sites for hydroxylation is 1. The van der Waals surface area contributed by atoms with Crippen LogP contribution in [0.1, 0.15) is 18.6 Å². The third-order valence-corrected chi connectivity index (χ3v) is 2.57. The van der Waals surface area contributed by atoms with Crippen LogP contribution < -0.4 is 0 Å². The molecular weight excluding hydrogens is 226 g/mol. The average Bonchev–Trinajstić information content (AvgIpc) is 2.73. The van der Waals surface area contributed by atoms with E-state index in [0.29, 0.717) is 10.9 Å². The molecule has 2 aromatic rings. The van der Waals surface area contributed by atoms with E-state index in [9.17, 15) is 0 Å². The molecule has 0 radical (unpaired) electrons. The van der Waals surface area contributed by atoms with Gasteiger partial charge in [-0.15, -0.1) is 0 Å². The minimum atomic E-state index is -0.180. The zero-order chi connectivity index (χ0) is 11.5. The third-order valence-electron chi connectivity index (χ3n) is 2.32. The van der Waals surface area contributed by atoms with Gasteiger partial charge in [-0.2, -0.15) is 0 Å². The fourth-order valence-electron chi connectivity index (χ4n) is 1.54. The number of oxazole rings is 1. The first-order valence-electron chi connectivity index (χ1n) is 5.10. The molecule has 0 amide bonds. The normalized spacial score (nSPS) is 10.7. The summed E-state index contributed by atoms with van der Waals surface area (Å²) in [5.41, 5.74) is 1.73. The van der Waals surface area contributed by atoms with E-state index in [1.54, 1.807) is 0 Å². The van der Waals surface area contributed by atoms with Crippen molar-refractivity contribution < 1.29 is 9.52 Å². The van der Waals surface area contributed by atoms with Gasteiger partial charge in [-0.05, 0) is 12.1 Å². The number of nitrogens with zero attached hydrogens (tertiary/aromatic N) is 1. The molecule has 16 heavy (non-hydrogen) atoms. The first-order chi connectivity index (χ1) is 7.74.